The van der Waals surface area contributed by atoms with Gasteiger partial charge in [-0.05, 0) is 19.1 Å². The van der Waals surface area contributed by atoms with Crippen LogP contribution in [0.3, 0.4) is 0 Å². The molecular weight excluding hydrogens is 164 g/mol. The Bertz CT molecular complexity index is 345. The summed E-state index contributed by atoms with van der Waals surface area (Å²) in [6.45, 7) is 5.47. The second-order valence-electron chi connectivity index (χ2n) is 3.00. The van der Waals surface area contributed by atoms with Gasteiger partial charge in [0.15, 0.2) is 5.78 Å². The van der Waals surface area contributed by atoms with Gasteiger partial charge in [0.2, 0.25) is 0 Å². The van der Waals surface area contributed by atoms with Crippen molar-refractivity contribution in [3.8, 4) is 0 Å². The monoisotopic (exact) mass is 176 g/mol. The Morgan fingerprint density at radius 2 is 2.31 bits per heavy atom. The van der Waals surface area contributed by atoms with Gasteiger partial charge in [0.05, 0.1) is 0 Å². The zero-order chi connectivity index (χ0) is 9.84. The number of hydrogen-bond donors (Lipinski definition) is 1. The number of nitrogen functional groups attached to an aromatic ring is 1. The summed E-state index contributed by atoms with van der Waals surface area (Å²) >= 11 is 0. The van der Waals surface area contributed by atoms with Gasteiger partial charge in [-0.25, -0.2) is 4.98 Å². The van der Waals surface area contributed by atoms with Crippen molar-refractivity contribution in [2.75, 3.05) is 5.73 Å². The topological polar surface area (TPSA) is 56.0 Å². The first-order chi connectivity index (χ1) is 6.09. The quantitative estimate of drug-likeness (QED) is 0.564. The van der Waals surface area contributed by atoms with E-state index in [9.17, 15) is 4.79 Å². The first-order valence-electron chi connectivity index (χ1n) is 3.99. The molecule has 0 unspecified atom stereocenters. The molecule has 0 saturated carbocycles. The lowest BCUT2D eigenvalue weighted by atomic mass is 10.1. The average Bonchev–Trinajstić information content (AvgIpc) is 2.03. The molecule has 0 aliphatic rings. The number of anilines is 1. The molecule has 68 valence electrons. The van der Waals surface area contributed by atoms with E-state index >= 15 is 0 Å². The third-order valence-corrected chi connectivity index (χ3v) is 1.52. The maximum atomic E-state index is 11.4. The van der Waals surface area contributed by atoms with Gasteiger partial charge in [-0.2, -0.15) is 0 Å². The highest BCUT2D eigenvalue weighted by Gasteiger charge is 2.06. The Kier molecular flexibility index (Phi) is 2.80. The van der Waals surface area contributed by atoms with Crippen molar-refractivity contribution in [3.05, 3.63) is 36.0 Å². The summed E-state index contributed by atoms with van der Waals surface area (Å²) < 4.78 is 0. The summed E-state index contributed by atoms with van der Waals surface area (Å²) in [7, 11) is 0. The highest BCUT2D eigenvalue weighted by molar-refractivity contribution is 5.95. The van der Waals surface area contributed by atoms with Crippen LogP contribution in [-0.2, 0) is 0 Å². The third-order valence-electron chi connectivity index (χ3n) is 1.52. The van der Waals surface area contributed by atoms with Crippen molar-refractivity contribution in [2.45, 2.75) is 13.3 Å². The highest BCUT2D eigenvalue weighted by atomic mass is 16.1. The van der Waals surface area contributed by atoms with E-state index in [2.05, 4.69) is 11.6 Å². The van der Waals surface area contributed by atoms with E-state index in [4.69, 9.17) is 5.73 Å². The molecule has 1 rings (SSSR count). The number of nitrogens with two attached hydrogens (primary N) is 1. The van der Waals surface area contributed by atoms with E-state index in [-0.39, 0.29) is 5.78 Å². The summed E-state index contributed by atoms with van der Waals surface area (Å²) in [4.78, 5) is 15.3. The van der Waals surface area contributed by atoms with Crippen molar-refractivity contribution in [3.63, 3.8) is 0 Å². The molecule has 1 aromatic heterocycles. The van der Waals surface area contributed by atoms with Gasteiger partial charge < -0.3 is 5.73 Å². The molecule has 0 amide bonds. The molecule has 1 heterocycles. The van der Waals surface area contributed by atoms with Gasteiger partial charge in [-0.3, -0.25) is 4.79 Å². The predicted octanol–water partition coefficient (Wildman–Crippen LogP) is 1.81. The minimum Gasteiger partial charge on any atom is -0.384 e. The lowest BCUT2D eigenvalue weighted by Gasteiger charge is -1.99. The smallest absolute Gasteiger partial charge is 0.185 e. The second kappa shape index (κ2) is 3.85. The number of ketones is 1. The number of rotatable bonds is 3. The Morgan fingerprint density at radius 1 is 1.62 bits per heavy atom. The molecule has 0 spiro atoms. The van der Waals surface area contributed by atoms with E-state index in [0.717, 1.165) is 5.57 Å². The van der Waals surface area contributed by atoms with Crippen molar-refractivity contribution in [1.29, 1.82) is 0 Å². The summed E-state index contributed by atoms with van der Waals surface area (Å²) in [6, 6.07) is 5.02. The molecule has 3 heteroatoms. The van der Waals surface area contributed by atoms with Crippen LogP contribution in [0.1, 0.15) is 23.8 Å². The van der Waals surface area contributed by atoms with Gasteiger partial charge in [0, 0.05) is 6.42 Å². The molecule has 13 heavy (non-hydrogen) atoms. The SMILES string of the molecule is C=C(C)CC(=O)c1cccc(N)n1. The molecule has 0 saturated heterocycles. The molecular formula is C10H12N2O. The van der Waals surface area contributed by atoms with E-state index in [0.29, 0.717) is 17.9 Å². The maximum Gasteiger partial charge on any atom is 0.185 e. The lowest BCUT2D eigenvalue weighted by molar-refractivity contribution is 0.0988. The van der Waals surface area contributed by atoms with Crippen LogP contribution in [0.4, 0.5) is 5.82 Å². The standard InChI is InChI=1S/C10H12N2O/c1-7(2)6-9(13)8-4-3-5-10(11)12-8/h3-5H,1,6H2,2H3,(H2,11,12). The van der Waals surface area contributed by atoms with Crippen molar-refractivity contribution in [2.24, 2.45) is 0 Å². The van der Waals surface area contributed by atoms with Crippen LogP contribution < -0.4 is 5.73 Å². The molecule has 2 N–H and O–H groups in total. The molecule has 0 aliphatic heterocycles. The lowest BCUT2D eigenvalue weighted by Crippen LogP contribution is -2.03. The normalized spacial score (nSPS) is 9.62. The van der Waals surface area contributed by atoms with E-state index in [1.165, 1.54) is 0 Å². The van der Waals surface area contributed by atoms with Crippen LogP contribution in [0.2, 0.25) is 0 Å². The second-order valence-corrected chi connectivity index (χ2v) is 3.00. The van der Waals surface area contributed by atoms with E-state index in [1.807, 2.05) is 6.92 Å². The van der Waals surface area contributed by atoms with Gasteiger partial charge in [-0.15, -0.1) is 0 Å². The summed E-state index contributed by atoms with van der Waals surface area (Å²) in [5, 5.41) is 0. The number of hydrogen-bond acceptors (Lipinski definition) is 3. The number of pyridine rings is 1. The Labute approximate surface area is 77.3 Å². The van der Waals surface area contributed by atoms with Crippen LogP contribution in [0.15, 0.2) is 30.4 Å². The number of allylic oxidation sites excluding steroid dienone is 1. The van der Waals surface area contributed by atoms with Crippen LogP contribution >= 0.6 is 0 Å². The summed E-state index contributed by atoms with van der Waals surface area (Å²) in [5.41, 5.74) is 6.67. The highest BCUT2D eigenvalue weighted by Crippen LogP contribution is 2.06. The Balaban J connectivity index is 2.83. The minimum atomic E-state index is -0.0419. The van der Waals surface area contributed by atoms with E-state index < -0.39 is 0 Å². The Morgan fingerprint density at radius 3 is 2.85 bits per heavy atom. The van der Waals surface area contributed by atoms with Gasteiger partial charge in [0.1, 0.15) is 11.5 Å². The fourth-order valence-electron chi connectivity index (χ4n) is 0.971. The zero-order valence-corrected chi connectivity index (χ0v) is 7.58. The molecule has 0 aromatic carbocycles. The summed E-state index contributed by atoms with van der Waals surface area (Å²) in [6.07, 6.45) is 0.330. The van der Waals surface area contributed by atoms with Crippen LogP contribution in [-0.4, -0.2) is 10.8 Å². The third kappa shape index (κ3) is 2.71. The molecule has 0 bridgehead atoms. The van der Waals surface area contributed by atoms with Crippen LogP contribution in [0, 0.1) is 0 Å². The van der Waals surface area contributed by atoms with Gasteiger partial charge in [0.25, 0.3) is 0 Å². The molecule has 0 radical (unpaired) electrons. The van der Waals surface area contributed by atoms with Crippen molar-refractivity contribution < 1.29 is 4.79 Å². The molecule has 0 aliphatic carbocycles. The number of nitrogens with zero attached hydrogens (tertiary/aromatic N) is 1. The molecule has 3 nitrogen and oxygen atoms in total. The van der Waals surface area contributed by atoms with Gasteiger partial charge in [-0.1, -0.05) is 18.2 Å². The molecule has 1 aromatic rings. The minimum absolute atomic E-state index is 0.0419. The molecule has 0 atom stereocenters. The average molecular weight is 176 g/mol. The largest absolute Gasteiger partial charge is 0.384 e. The van der Waals surface area contributed by atoms with Crippen molar-refractivity contribution >= 4 is 11.6 Å². The zero-order valence-electron chi connectivity index (χ0n) is 7.58. The number of Topliss-reactive ketones (excluding diaryl/α,β-unsaturated/α-hetero) is 1. The van der Waals surface area contributed by atoms with Gasteiger partial charge >= 0.3 is 0 Å². The van der Waals surface area contributed by atoms with Crippen LogP contribution in [0.25, 0.3) is 0 Å². The number of carbonyl (C=O) groups excluding carboxylic acids is 1. The predicted molar refractivity (Wildman–Crippen MR) is 52.4 cm³/mol. The maximum absolute atomic E-state index is 11.4. The first-order valence-corrected chi connectivity index (χ1v) is 3.99. The van der Waals surface area contributed by atoms with E-state index in [1.54, 1.807) is 18.2 Å². The van der Waals surface area contributed by atoms with Crippen LogP contribution in [0.5, 0.6) is 0 Å². The van der Waals surface area contributed by atoms with Crippen molar-refractivity contribution in [1.82, 2.24) is 4.98 Å². The number of carbonyl (C=O) groups is 1. The first kappa shape index (κ1) is 9.45. The fraction of sp³-hybridized carbons (Fsp3) is 0.200. The summed E-state index contributed by atoms with van der Waals surface area (Å²) in [5.74, 6) is 0.326. The fourth-order valence-corrected chi connectivity index (χ4v) is 0.971. The number of aromatic nitrogens is 1. The Hall–Kier alpha value is -1.64. The molecule has 0 fully saturated rings.